The van der Waals surface area contributed by atoms with Gasteiger partial charge in [0.2, 0.25) is 5.92 Å². The van der Waals surface area contributed by atoms with E-state index in [9.17, 15) is 13.6 Å². The molecule has 2 N–H and O–H groups in total. The Morgan fingerprint density at radius 2 is 2.08 bits per heavy atom. The Kier molecular flexibility index (Phi) is 3.42. The minimum atomic E-state index is -2.50. The smallest absolute Gasteiger partial charge is 0.338 e. The highest BCUT2D eigenvalue weighted by atomic mass is 19.3. The monoisotopic (exact) mass is 334 g/mol. The maximum Gasteiger partial charge on any atom is 0.338 e. The summed E-state index contributed by atoms with van der Waals surface area (Å²) in [5, 5.41) is 4.25. The average molecular weight is 334 g/mol. The number of alkyl halides is 2. The molecular formula is C18H20F2N2O2. The topological polar surface area (TPSA) is 54.1 Å². The molecule has 24 heavy (non-hydrogen) atoms. The predicted octanol–water partition coefficient (Wildman–Crippen LogP) is 3.79. The summed E-state index contributed by atoms with van der Waals surface area (Å²) in [6.45, 7) is 0.738. The van der Waals surface area contributed by atoms with Crippen LogP contribution in [0.3, 0.4) is 0 Å². The number of nitrogens with one attached hydrogen (secondary N) is 2. The van der Waals surface area contributed by atoms with E-state index in [2.05, 4.69) is 10.3 Å². The van der Waals surface area contributed by atoms with Gasteiger partial charge in [0, 0.05) is 30.5 Å². The summed E-state index contributed by atoms with van der Waals surface area (Å²) in [6.07, 6.45) is 3.27. The third-order valence-electron chi connectivity index (χ3n) is 5.49. The maximum absolute atomic E-state index is 13.4. The van der Waals surface area contributed by atoms with Crippen molar-refractivity contribution in [2.24, 2.45) is 5.41 Å². The van der Waals surface area contributed by atoms with Gasteiger partial charge in [0.1, 0.15) is 0 Å². The third-order valence-corrected chi connectivity index (χ3v) is 5.49. The molecule has 6 heteroatoms. The molecule has 1 atom stereocenters. The largest absolute Gasteiger partial charge is 0.465 e. The van der Waals surface area contributed by atoms with Gasteiger partial charge in [-0.25, -0.2) is 13.6 Å². The van der Waals surface area contributed by atoms with Gasteiger partial charge in [-0.05, 0) is 42.5 Å². The zero-order chi connectivity index (χ0) is 16.9. The van der Waals surface area contributed by atoms with E-state index in [-0.39, 0.29) is 30.3 Å². The van der Waals surface area contributed by atoms with Crippen LogP contribution in [0.1, 0.15) is 47.6 Å². The van der Waals surface area contributed by atoms with Crippen LogP contribution in [-0.4, -0.2) is 30.5 Å². The Morgan fingerprint density at radius 3 is 2.79 bits per heavy atom. The Hall–Kier alpha value is -1.95. The number of carbonyl (C=O) groups excluding carboxylic acids is 1. The van der Waals surface area contributed by atoms with Crippen LogP contribution < -0.4 is 5.32 Å². The Bertz CT molecular complexity index is 791. The van der Waals surface area contributed by atoms with Crippen molar-refractivity contribution in [3.63, 3.8) is 0 Å². The van der Waals surface area contributed by atoms with Crippen molar-refractivity contribution in [1.29, 1.82) is 0 Å². The van der Waals surface area contributed by atoms with Crippen LogP contribution in [0.5, 0.6) is 0 Å². The molecule has 4 nitrogen and oxygen atoms in total. The number of ether oxygens (including phenoxy) is 1. The fourth-order valence-electron chi connectivity index (χ4n) is 4.46. The summed E-state index contributed by atoms with van der Waals surface area (Å²) >= 11 is 0. The first-order chi connectivity index (χ1) is 11.4. The molecule has 2 fully saturated rings. The van der Waals surface area contributed by atoms with E-state index in [1.165, 1.54) is 7.11 Å². The number of rotatable bonds is 2. The summed E-state index contributed by atoms with van der Waals surface area (Å²) < 4.78 is 31.6. The maximum atomic E-state index is 13.4. The lowest BCUT2D eigenvalue weighted by atomic mass is 9.59. The summed E-state index contributed by atoms with van der Waals surface area (Å²) in [7, 11) is 1.36. The fourth-order valence-corrected chi connectivity index (χ4v) is 4.46. The molecule has 2 aliphatic rings. The standard InChI is InChI=1S/C18H20F2N2O2/c1-24-16(23)12-2-3-13(15-11(12)4-6-22-15)14-8-17(5-7-21-14)9-18(19,20)10-17/h2-4,6,14,21-22H,5,7-10H2,1H3. The number of benzene rings is 1. The van der Waals surface area contributed by atoms with Gasteiger partial charge in [0.05, 0.1) is 18.2 Å². The second kappa shape index (κ2) is 5.28. The van der Waals surface area contributed by atoms with Crippen LogP contribution in [0.4, 0.5) is 8.78 Å². The lowest BCUT2D eigenvalue weighted by molar-refractivity contribution is -0.174. The average Bonchev–Trinajstić information content (AvgIpc) is 3.01. The van der Waals surface area contributed by atoms with Gasteiger partial charge >= 0.3 is 5.97 Å². The molecule has 1 spiro atoms. The van der Waals surface area contributed by atoms with E-state index in [0.29, 0.717) is 12.0 Å². The van der Waals surface area contributed by atoms with Crippen molar-refractivity contribution in [2.45, 2.75) is 37.6 Å². The number of hydrogen-bond donors (Lipinski definition) is 2. The highest BCUT2D eigenvalue weighted by Gasteiger charge is 2.57. The molecule has 1 aliphatic carbocycles. The first-order valence-electron chi connectivity index (χ1n) is 8.23. The number of aromatic nitrogens is 1. The molecule has 1 unspecified atom stereocenters. The van der Waals surface area contributed by atoms with Gasteiger partial charge in [-0.1, -0.05) is 6.07 Å². The van der Waals surface area contributed by atoms with Gasteiger partial charge in [-0.15, -0.1) is 0 Å². The first kappa shape index (κ1) is 15.6. The normalized spacial score (nSPS) is 24.7. The number of H-pyrrole nitrogens is 1. The van der Waals surface area contributed by atoms with Crippen LogP contribution >= 0.6 is 0 Å². The van der Waals surface area contributed by atoms with Crippen molar-refractivity contribution in [1.82, 2.24) is 10.3 Å². The van der Waals surface area contributed by atoms with Gasteiger partial charge in [-0.2, -0.15) is 0 Å². The Balaban J connectivity index is 1.67. The molecule has 0 radical (unpaired) electrons. The molecule has 1 saturated heterocycles. The predicted molar refractivity (Wildman–Crippen MR) is 86.2 cm³/mol. The number of hydrogen-bond acceptors (Lipinski definition) is 3. The van der Waals surface area contributed by atoms with E-state index in [4.69, 9.17) is 4.74 Å². The van der Waals surface area contributed by atoms with Gasteiger partial charge in [-0.3, -0.25) is 0 Å². The fraction of sp³-hybridized carbons (Fsp3) is 0.500. The molecule has 4 rings (SSSR count). The lowest BCUT2D eigenvalue weighted by Gasteiger charge is -2.52. The molecule has 1 aromatic heterocycles. The SMILES string of the molecule is COC(=O)c1ccc(C2CC3(CCN2)CC(F)(F)C3)c2[nH]ccc12. The van der Waals surface area contributed by atoms with Crippen LogP contribution in [0.15, 0.2) is 24.4 Å². The number of methoxy groups -OCH3 is 1. The van der Waals surface area contributed by atoms with Crippen molar-refractivity contribution >= 4 is 16.9 Å². The molecule has 2 aromatic rings. The molecular weight excluding hydrogens is 314 g/mol. The van der Waals surface area contributed by atoms with Crippen molar-refractivity contribution in [2.75, 3.05) is 13.7 Å². The summed E-state index contributed by atoms with van der Waals surface area (Å²) in [5.74, 6) is -2.88. The third kappa shape index (κ3) is 2.40. The second-order valence-corrected chi connectivity index (χ2v) is 7.13. The van der Waals surface area contributed by atoms with Crippen LogP contribution in [0.2, 0.25) is 0 Å². The molecule has 0 amide bonds. The minimum Gasteiger partial charge on any atom is -0.465 e. The molecule has 2 heterocycles. The van der Waals surface area contributed by atoms with Crippen molar-refractivity contribution < 1.29 is 18.3 Å². The number of fused-ring (bicyclic) bond motifs is 1. The van der Waals surface area contributed by atoms with E-state index < -0.39 is 5.92 Å². The highest BCUT2D eigenvalue weighted by Crippen LogP contribution is 2.59. The molecule has 0 bridgehead atoms. The van der Waals surface area contributed by atoms with E-state index >= 15 is 0 Å². The summed E-state index contributed by atoms with van der Waals surface area (Å²) in [5.41, 5.74) is 2.16. The summed E-state index contributed by atoms with van der Waals surface area (Å²) in [4.78, 5) is 15.1. The van der Waals surface area contributed by atoms with E-state index in [1.54, 1.807) is 12.3 Å². The first-order valence-corrected chi connectivity index (χ1v) is 8.23. The lowest BCUT2D eigenvalue weighted by Crippen LogP contribution is -2.52. The van der Waals surface area contributed by atoms with Gasteiger partial charge in [0.15, 0.2) is 0 Å². The van der Waals surface area contributed by atoms with Crippen LogP contribution in [0.25, 0.3) is 10.9 Å². The number of aromatic amines is 1. The van der Waals surface area contributed by atoms with Crippen LogP contribution in [-0.2, 0) is 4.74 Å². The Labute approximate surface area is 138 Å². The minimum absolute atomic E-state index is 0.00765. The number of halogens is 2. The quantitative estimate of drug-likeness (QED) is 0.822. The van der Waals surface area contributed by atoms with Gasteiger partial charge in [0.25, 0.3) is 0 Å². The van der Waals surface area contributed by atoms with Crippen molar-refractivity contribution in [3.8, 4) is 0 Å². The zero-order valence-electron chi connectivity index (χ0n) is 13.5. The van der Waals surface area contributed by atoms with E-state index in [1.807, 2.05) is 12.1 Å². The molecule has 1 aliphatic heterocycles. The number of carbonyl (C=O) groups is 1. The molecule has 1 aromatic carbocycles. The Morgan fingerprint density at radius 1 is 1.29 bits per heavy atom. The number of esters is 1. The molecule has 128 valence electrons. The second-order valence-electron chi connectivity index (χ2n) is 7.13. The van der Waals surface area contributed by atoms with Crippen LogP contribution in [0, 0.1) is 5.41 Å². The highest BCUT2D eigenvalue weighted by molar-refractivity contribution is 6.04. The number of piperidine rings is 1. The zero-order valence-corrected chi connectivity index (χ0v) is 13.5. The molecule has 1 saturated carbocycles. The van der Waals surface area contributed by atoms with Crippen molar-refractivity contribution in [3.05, 3.63) is 35.5 Å². The van der Waals surface area contributed by atoms with Gasteiger partial charge < -0.3 is 15.0 Å². The van der Waals surface area contributed by atoms with E-state index in [0.717, 1.165) is 29.4 Å². The summed E-state index contributed by atoms with van der Waals surface area (Å²) in [6, 6.07) is 5.53.